The molecule has 1 heterocycles. The van der Waals surface area contributed by atoms with Crippen LogP contribution in [0.4, 0.5) is 10.8 Å². The molecule has 0 saturated heterocycles. The monoisotopic (exact) mass is 354 g/mol. The molecule has 2 N–H and O–H groups in total. The topological polar surface area (TPSA) is 101 Å². The fourth-order valence-corrected chi connectivity index (χ4v) is 3.83. The van der Waals surface area contributed by atoms with Crippen molar-refractivity contribution in [1.29, 1.82) is 0 Å². The van der Waals surface area contributed by atoms with Gasteiger partial charge in [0, 0.05) is 19.0 Å². The summed E-state index contributed by atoms with van der Waals surface area (Å²) in [5.41, 5.74) is 0.536. The second kappa shape index (κ2) is 7.51. The van der Waals surface area contributed by atoms with Gasteiger partial charge in [-0.1, -0.05) is 24.7 Å². The summed E-state index contributed by atoms with van der Waals surface area (Å²) in [6.45, 7) is 3.47. The summed E-state index contributed by atoms with van der Waals surface area (Å²) in [5, 5.41) is 11.5. The molecule has 0 radical (unpaired) electrons. The lowest BCUT2D eigenvalue weighted by Gasteiger charge is -2.06. The molecule has 124 valence electrons. The largest absolute Gasteiger partial charge is 0.326 e. The van der Waals surface area contributed by atoms with Crippen molar-refractivity contribution in [3.8, 4) is 0 Å². The molecular weight excluding hydrogens is 336 g/mol. The van der Waals surface area contributed by atoms with E-state index < -0.39 is 10.0 Å². The smallest absolute Gasteiger partial charge is 0.263 e. The molecule has 1 aromatic carbocycles. The molecular formula is C14H18N4O3S2. The SMILES string of the molecule is CCCCc1nnc(NS(=O)(=O)c2ccc(NC(C)=O)cc2)s1. The van der Waals surface area contributed by atoms with Gasteiger partial charge in [0.25, 0.3) is 10.0 Å². The number of hydrogen-bond acceptors (Lipinski definition) is 6. The van der Waals surface area contributed by atoms with Crippen molar-refractivity contribution in [2.24, 2.45) is 0 Å². The molecule has 0 atom stereocenters. The third-order valence-corrected chi connectivity index (χ3v) is 5.30. The van der Waals surface area contributed by atoms with Crippen LogP contribution in [0.5, 0.6) is 0 Å². The Balaban J connectivity index is 2.09. The first-order valence-electron chi connectivity index (χ1n) is 7.13. The number of benzene rings is 1. The number of sulfonamides is 1. The molecule has 2 aromatic rings. The molecule has 0 spiro atoms. The fourth-order valence-electron chi connectivity index (χ4n) is 1.82. The highest BCUT2D eigenvalue weighted by atomic mass is 32.2. The number of carbonyl (C=O) groups is 1. The predicted molar refractivity (Wildman–Crippen MR) is 90.1 cm³/mol. The average Bonchev–Trinajstić information content (AvgIpc) is 2.92. The van der Waals surface area contributed by atoms with E-state index in [4.69, 9.17) is 0 Å². The van der Waals surface area contributed by atoms with Gasteiger partial charge in [0.05, 0.1) is 4.90 Å². The van der Waals surface area contributed by atoms with Crippen molar-refractivity contribution in [3.63, 3.8) is 0 Å². The van der Waals surface area contributed by atoms with Crippen LogP contribution in [-0.4, -0.2) is 24.5 Å². The number of nitrogens with zero attached hydrogens (tertiary/aromatic N) is 2. The maximum absolute atomic E-state index is 12.3. The number of anilines is 2. The number of rotatable bonds is 7. The first kappa shape index (κ1) is 17.4. The second-order valence-corrected chi connectivity index (χ2v) is 7.66. The number of carbonyl (C=O) groups excluding carboxylic acids is 1. The van der Waals surface area contributed by atoms with E-state index in [-0.39, 0.29) is 15.9 Å². The van der Waals surface area contributed by atoms with Crippen LogP contribution in [0.2, 0.25) is 0 Å². The number of amides is 1. The van der Waals surface area contributed by atoms with E-state index in [2.05, 4.69) is 27.2 Å². The molecule has 0 saturated carbocycles. The zero-order valence-electron chi connectivity index (χ0n) is 12.9. The van der Waals surface area contributed by atoms with Gasteiger partial charge in [-0.2, -0.15) is 0 Å². The molecule has 0 bridgehead atoms. The minimum Gasteiger partial charge on any atom is -0.326 e. The van der Waals surface area contributed by atoms with Crippen molar-refractivity contribution in [2.75, 3.05) is 10.0 Å². The number of hydrogen-bond donors (Lipinski definition) is 2. The molecule has 2 rings (SSSR count). The standard InChI is InChI=1S/C14H18N4O3S2/c1-3-4-5-13-16-17-14(22-13)18-23(20,21)12-8-6-11(7-9-12)15-10(2)19/h6-9H,3-5H2,1-2H3,(H,15,19)(H,17,18). The first-order valence-corrected chi connectivity index (χ1v) is 9.43. The molecule has 0 unspecified atom stereocenters. The fraction of sp³-hybridized carbons (Fsp3) is 0.357. The van der Waals surface area contributed by atoms with Gasteiger partial charge in [-0.3, -0.25) is 9.52 Å². The zero-order chi connectivity index (χ0) is 16.9. The number of unbranched alkanes of at least 4 members (excludes halogenated alkanes) is 1. The Kier molecular flexibility index (Phi) is 5.67. The summed E-state index contributed by atoms with van der Waals surface area (Å²) in [6, 6.07) is 5.91. The average molecular weight is 354 g/mol. The highest BCUT2D eigenvalue weighted by molar-refractivity contribution is 7.93. The lowest BCUT2D eigenvalue weighted by atomic mass is 10.3. The number of aromatic nitrogens is 2. The van der Waals surface area contributed by atoms with Gasteiger partial charge in [-0.05, 0) is 30.7 Å². The summed E-state index contributed by atoms with van der Waals surface area (Å²) in [4.78, 5) is 11.1. The van der Waals surface area contributed by atoms with Gasteiger partial charge in [0.1, 0.15) is 5.01 Å². The van der Waals surface area contributed by atoms with Gasteiger partial charge in [0.2, 0.25) is 11.0 Å². The summed E-state index contributed by atoms with van der Waals surface area (Å²) in [7, 11) is -3.72. The van der Waals surface area contributed by atoms with Gasteiger partial charge in [-0.25, -0.2) is 8.42 Å². The van der Waals surface area contributed by atoms with Crippen LogP contribution in [0.25, 0.3) is 0 Å². The van der Waals surface area contributed by atoms with Crippen molar-refractivity contribution >= 4 is 38.1 Å². The molecule has 0 fully saturated rings. The first-order chi connectivity index (χ1) is 10.9. The van der Waals surface area contributed by atoms with E-state index in [1.807, 2.05) is 0 Å². The highest BCUT2D eigenvalue weighted by Crippen LogP contribution is 2.22. The van der Waals surface area contributed by atoms with Crippen LogP contribution in [0.1, 0.15) is 31.7 Å². The van der Waals surface area contributed by atoms with E-state index in [0.717, 1.165) is 24.3 Å². The van der Waals surface area contributed by atoms with Crippen LogP contribution in [-0.2, 0) is 21.2 Å². The molecule has 1 aromatic heterocycles. The van der Waals surface area contributed by atoms with Crippen LogP contribution in [0, 0.1) is 0 Å². The van der Waals surface area contributed by atoms with Crippen LogP contribution >= 0.6 is 11.3 Å². The quantitative estimate of drug-likeness (QED) is 0.796. The Labute approximate surface area is 139 Å². The van der Waals surface area contributed by atoms with Crippen molar-refractivity contribution in [2.45, 2.75) is 38.0 Å². The Hall–Kier alpha value is -2.00. The van der Waals surface area contributed by atoms with E-state index >= 15 is 0 Å². The van der Waals surface area contributed by atoms with Crippen LogP contribution in [0.15, 0.2) is 29.2 Å². The Morgan fingerprint density at radius 1 is 1.22 bits per heavy atom. The molecule has 0 aliphatic heterocycles. The van der Waals surface area contributed by atoms with Gasteiger partial charge >= 0.3 is 0 Å². The lowest BCUT2D eigenvalue weighted by Crippen LogP contribution is -2.13. The minimum atomic E-state index is -3.72. The summed E-state index contributed by atoms with van der Waals surface area (Å²) < 4.78 is 27.0. The minimum absolute atomic E-state index is 0.0944. The van der Waals surface area contributed by atoms with E-state index in [1.165, 1.54) is 42.5 Å². The van der Waals surface area contributed by atoms with Crippen LogP contribution < -0.4 is 10.0 Å². The summed E-state index contributed by atoms with van der Waals surface area (Å²) in [5.74, 6) is -0.216. The molecule has 23 heavy (non-hydrogen) atoms. The Bertz CT molecular complexity index is 770. The van der Waals surface area contributed by atoms with Gasteiger partial charge in [-0.15, -0.1) is 10.2 Å². The normalized spacial score (nSPS) is 11.2. The lowest BCUT2D eigenvalue weighted by molar-refractivity contribution is -0.114. The molecule has 9 heteroatoms. The molecule has 7 nitrogen and oxygen atoms in total. The Morgan fingerprint density at radius 3 is 2.52 bits per heavy atom. The van der Waals surface area contributed by atoms with Crippen molar-refractivity contribution < 1.29 is 13.2 Å². The number of aryl methyl sites for hydroxylation is 1. The molecule has 0 aliphatic rings. The van der Waals surface area contributed by atoms with E-state index in [1.54, 1.807) is 0 Å². The summed E-state index contributed by atoms with van der Waals surface area (Å²) >= 11 is 1.24. The number of nitrogens with one attached hydrogen (secondary N) is 2. The zero-order valence-corrected chi connectivity index (χ0v) is 14.5. The van der Waals surface area contributed by atoms with Crippen LogP contribution in [0.3, 0.4) is 0 Å². The third kappa shape index (κ3) is 5.00. The van der Waals surface area contributed by atoms with E-state index in [0.29, 0.717) is 5.69 Å². The van der Waals surface area contributed by atoms with Crippen molar-refractivity contribution in [1.82, 2.24) is 10.2 Å². The molecule has 1 amide bonds. The maximum Gasteiger partial charge on any atom is 0.263 e. The van der Waals surface area contributed by atoms with Gasteiger partial charge in [0.15, 0.2) is 0 Å². The molecule has 0 aliphatic carbocycles. The Morgan fingerprint density at radius 2 is 1.91 bits per heavy atom. The van der Waals surface area contributed by atoms with E-state index in [9.17, 15) is 13.2 Å². The predicted octanol–water partition coefficient (Wildman–Crippen LogP) is 2.64. The summed E-state index contributed by atoms with van der Waals surface area (Å²) in [6.07, 6.45) is 2.83. The van der Waals surface area contributed by atoms with Gasteiger partial charge < -0.3 is 5.32 Å². The maximum atomic E-state index is 12.3. The third-order valence-electron chi connectivity index (χ3n) is 2.92. The second-order valence-electron chi connectivity index (χ2n) is 4.92. The highest BCUT2D eigenvalue weighted by Gasteiger charge is 2.16. The van der Waals surface area contributed by atoms with Crippen molar-refractivity contribution in [3.05, 3.63) is 29.3 Å².